The molecule has 148 valence electrons. The Morgan fingerprint density at radius 2 is 1.52 bits per heavy atom. The van der Waals surface area contributed by atoms with Crippen LogP contribution in [0.4, 0.5) is 0 Å². The number of benzene rings is 2. The third-order valence-electron chi connectivity index (χ3n) is 4.49. The summed E-state index contributed by atoms with van der Waals surface area (Å²) in [6.45, 7) is 2.20. The maximum Gasteiger partial charge on any atom is 0.294 e. The molecule has 2 aromatic carbocycles. The molecular weight excluding hydrogens is 364 g/mol. The molecule has 2 N–H and O–H groups in total. The number of ether oxygens (including phenoxy) is 1. The molecule has 0 aromatic heterocycles. The molecular formula is C21H28O5S. The Morgan fingerprint density at radius 3 is 2.15 bits per heavy atom. The highest BCUT2D eigenvalue weighted by Crippen LogP contribution is 2.33. The second-order valence-corrected chi connectivity index (χ2v) is 8.10. The molecule has 2 aromatic rings. The van der Waals surface area contributed by atoms with E-state index in [4.69, 9.17) is 9.29 Å². The third-order valence-corrected chi connectivity index (χ3v) is 5.36. The lowest BCUT2D eigenvalue weighted by molar-refractivity contribution is 0.440. The summed E-state index contributed by atoms with van der Waals surface area (Å²) in [5.41, 5.74) is 0.755. The van der Waals surface area contributed by atoms with Gasteiger partial charge in [0, 0.05) is 5.56 Å². The summed E-state index contributed by atoms with van der Waals surface area (Å²) in [6.07, 6.45) is 9.05. The molecule has 0 unspecified atom stereocenters. The number of aromatic hydroxyl groups is 1. The van der Waals surface area contributed by atoms with Crippen molar-refractivity contribution in [3.05, 3.63) is 48.0 Å². The predicted molar refractivity (Wildman–Crippen MR) is 106 cm³/mol. The maximum absolute atomic E-state index is 11.1. The van der Waals surface area contributed by atoms with E-state index in [9.17, 15) is 13.5 Å². The molecule has 0 amide bonds. The zero-order valence-electron chi connectivity index (χ0n) is 15.7. The van der Waals surface area contributed by atoms with E-state index in [0.717, 1.165) is 24.8 Å². The summed E-state index contributed by atoms with van der Waals surface area (Å²) in [5, 5.41) is 10.2. The minimum Gasteiger partial charge on any atom is -0.508 e. The first-order valence-electron chi connectivity index (χ1n) is 9.48. The van der Waals surface area contributed by atoms with Crippen molar-refractivity contribution in [3.63, 3.8) is 0 Å². The highest BCUT2D eigenvalue weighted by molar-refractivity contribution is 7.85. The van der Waals surface area contributed by atoms with Crippen molar-refractivity contribution in [1.29, 1.82) is 0 Å². The average molecular weight is 393 g/mol. The maximum atomic E-state index is 11.1. The molecule has 0 aliphatic heterocycles. The van der Waals surface area contributed by atoms with Gasteiger partial charge in [-0.2, -0.15) is 8.42 Å². The quantitative estimate of drug-likeness (QED) is 0.377. The summed E-state index contributed by atoms with van der Waals surface area (Å²) in [4.78, 5) is -0.186. The van der Waals surface area contributed by atoms with Gasteiger partial charge in [-0.05, 0) is 49.2 Å². The molecule has 0 fully saturated rings. The van der Waals surface area contributed by atoms with E-state index in [0.29, 0.717) is 11.5 Å². The van der Waals surface area contributed by atoms with E-state index in [1.807, 2.05) is 0 Å². The van der Waals surface area contributed by atoms with E-state index >= 15 is 0 Å². The first-order chi connectivity index (χ1) is 12.9. The van der Waals surface area contributed by atoms with Crippen LogP contribution in [0.15, 0.2) is 47.4 Å². The predicted octanol–water partition coefficient (Wildman–Crippen LogP) is 5.72. The summed E-state index contributed by atoms with van der Waals surface area (Å²) in [6, 6.07) is 10.7. The Labute approximate surface area is 161 Å². The summed E-state index contributed by atoms with van der Waals surface area (Å²) >= 11 is 0. The number of rotatable bonds is 11. The molecule has 27 heavy (non-hydrogen) atoms. The second kappa shape index (κ2) is 10.3. The van der Waals surface area contributed by atoms with Crippen molar-refractivity contribution in [2.24, 2.45) is 0 Å². The average Bonchev–Trinajstić information content (AvgIpc) is 2.62. The van der Waals surface area contributed by atoms with E-state index in [-0.39, 0.29) is 10.6 Å². The number of hydrogen-bond acceptors (Lipinski definition) is 4. The summed E-state index contributed by atoms with van der Waals surface area (Å²) in [7, 11) is -4.23. The molecule has 0 heterocycles. The van der Waals surface area contributed by atoms with Gasteiger partial charge in [-0.15, -0.1) is 0 Å². The highest BCUT2D eigenvalue weighted by Gasteiger charge is 2.12. The van der Waals surface area contributed by atoms with Crippen LogP contribution in [0.2, 0.25) is 0 Å². The number of hydrogen-bond donors (Lipinski definition) is 2. The van der Waals surface area contributed by atoms with Crippen molar-refractivity contribution in [1.82, 2.24) is 0 Å². The van der Waals surface area contributed by atoms with Crippen LogP contribution in [0.25, 0.3) is 0 Å². The topological polar surface area (TPSA) is 83.8 Å². The Hall–Kier alpha value is -2.05. The summed E-state index contributed by atoms with van der Waals surface area (Å²) < 4.78 is 37.1. The van der Waals surface area contributed by atoms with Crippen molar-refractivity contribution in [3.8, 4) is 17.2 Å². The fourth-order valence-corrected chi connectivity index (χ4v) is 3.45. The standard InChI is InChI=1S/C21H28O5S/c1-2-3-4-5-6-7-8-10-19-20(22)11-9-12-21(19)26-17-13-15-18(16-14-17)27(23,24)25/h9,11-16,22H,2-8,10H2,1H3,(H,23,24,25). The molecule has 6 heteroatoms. The number of phenols is 1. The smallest absolute Gasteiger partial charge is 0.294 e. The first-order valence-corrected chi connectivity index (χ1v) is 10.9. The molecule has 0 aliphatic rings. The Balaban J connectivity index is 1.98. The minimum absolute atomic E-state index is 0.186. The molecule has 0 saturated heterocycles. The largest absolute Gasteiger partial charge is 0.508 e. The van der Waals surface area contributed by atoms with Crippen LogP contribution in [0.1, 0.15) is 57.4 Å². The Kier molecular flexibility index (Phi) is 8.13. The van der Waals surface area contributed by atoms with Gasteiger partial charge < -0.3 is 9.84 Å². The van der Waals surface area contributed by atoms with Gasteiger partial charge in [-0.3, -0.25) is 4.55 Å². The highest BCUT2D eigenvalue weighted by atomic mass is 32.2. The zero-order valence-corrected chi connectivity index (χ0v) is 16.5. The lowest BCUT2D eigenvalue weighted by Gasteiger charge is -2.13. The molecule has 2 rings (SSSR count). The van der Waals surface area contributed by atoms with Gasteiger partial charge in [0.1, 0.15) is 17.2 Å². The normalized spacial score (nSPS) is 11.5. The molecule has 0 aliphatic carbocycles. The van der Waals surface area contributed by atoms with E-state index < -0.39 is 10.1 Å². The first kappa shape index (κ1) is 21.3. The summed E-state index contributed by atoms with van der Waals surface area (Å²) in [5.74, 6) is 1.20. The van der Waals surface area contributed by atoms with Gasteiger partial charge in [0.2, 0.25) is 0 Å². The van der Waals surface area contributed by atoms with Gasteiger partial charge in [0.15, 0.2) is 0 Å². The van der Waals surface area contributed by atoms with E-state index in [1.165, 1.54) is 56.4 Å². The van der Waals surface area contributed by atoms with Crippen LogP contribution in [0, 0.1) is 0 Å². The number of unbranched alkanes of at least 4 members (excludes halogenated alkanes) is 6. The van der Waals surface area contributed by atoms with E-state index in [2.05, 4.69) is 6.92 Å². The van der Waals surface area contributed by atoms with Gasteiger partial charge in [-0.1, -0.05) is 51.5 Å². The SMILES string of the molecule is CCCCCCCCCc1c(O)cccc1Oc1ccc(S(=O)(=O)O)cc1. The van der Waals surface area contributed by atoms with Gasteiger partial charge >= 0.3 is 0 Å². The lowest BCUT2D eigenvalue weighted by atomic mass is 10.0. The molecule has 0 saturated carbocycles. The van der Waals surface area contributed by atoms with Crippen LogP contribution in [-0.4, -0.2) is 18.1 Å². The Bertz CT molecular complexity index is 813. The fourth-order valence-electron chi connectivity index (χ4n) is 2.97. The number of phenolic OH excluding ortho intramolecular Hbond substituents is 1. The van der Waals surface area contributed by atoms with Gasteiger partial charge in [-0.25, -0.2) is 0 Å². The van der Waals surface area contributed by atoms with Crippen molar-refractivity contribution in [2.45, 2.75) is 63.2 Å². The molecule has 0 bridgehead atoms. The molecule has 0 atom stereocenters. The molecule has 0 spiro atoms. The monoisotopic (exact) mass is 392 g/mol. The van der Waals surface area contributed by atoms with Gasteiger partial charge in [0.05, 0.1) is 4.90 Å². The van der Waals surface area contributed by atoms with E-state index in [1.54, 1.807) is 18.2 Å². The molecule has 5 nitrogen and oxygen atoms in total. The minimum atomic E-state index is -4.23. The van der Waals surface area contributed by atoms with Crippen LogP contribution >= 0.6 is 0 Å². The van der Waals surface area contributed by atoms with Crippen molar-refractivity contribution in [2.75, 3.05) is 0 Å². The van der Waals surface area contributed by atoms with Crippen LogP contribution in [0.3, 0.4) is 0 Å². The van der Waals surface area contributed by atoms with Crippen molar-refractivity contribution < 1.29 is 22.8 Å². The lowest BCUT2D eigenvalue weighted by Crippen LogP contribution is -1.98. The van der Waals surface area contributed by atoms with Crippen molar-refractivity contribution >= 4 is 10.1 Å². The molecule has 0 radical (unpaired) electrons. The second-order valence-electron chi connectivity index (χ2n) is 6.67. The third kappa shape index (κ3) is 6.88. The Morgan fingerprint density at radius 1 is 0.889 bits per heavy atom. The van der Waals surface area contributed by atoms with Crippen LogP contribution < -0.4 is 4.74 Å². The van der Waals surface area contributed by atoms with Crippen LogP contribution in [-0.2, 0) is 16.5 Å². The zero-order chi connectivity index (χ0) is 19.7. The van der Waals surface area contributed by atoms with Crippen LogP contribution in [0.5, 0.6) is 17.2 Å². The van der Waals surface area contributed by atoms with Gasteiger partial charge in [0.25, 0.3) is 10.1 Å². The fraction of sp³-hybridized carbons (Fsp3) is 0.429.